The Morgan fingerprint density at radius 1 is 1.50 bits per heavy atom. The van der Waals surface area contributed by atoms with Gasteiger partial charge in [0.05, 0.1) is 12.7 Å². The highest BCUT2D eigenvalue weighted by Gasteiger charge is 2.34. The molecule has 0 saturated heterocycles. The maximum atomic E-state index is 11.9. The van der Waals surface area contributed by atoms with E-state index in [2.05, 4.69) is 0 Å². The molecule has 3 nitrogen and oxygen atoms in total. The van der Waals surface area contributed by atoms with Gasteiger partial charge in [0.2, 0.25) is 0 Å². The van der Waals surface area contributed by atoms with Crippen LogP contribution in [0, 0.1) is 0 Å². The first-order valence-corrected chi connectivity index (χ1v) is 3.94. The second-order valence-electron chi connectivity index (χ2n) is 2.94. The number of alkyl halides is 3. The summed E-state index contributed by atoms with van der Waals surface area (Å²) in [6.07, 6.45) is -5.78. The number of aliphatic hydroxyl groups excluding tert-OH is 1. The zero-order chi connectivity index (χ0) is 10.8. The maximum absolute atomic E-state index is 11.9. The van der Waals surface area contributed by atoms with Gasteiger partial charge in [-0.15, -0.1) is 0 Å². The van der Waals surface area contributed by atoms with Crippen molar-refractivity contribution >= 4 is 0 Å². The summed E-state index contributed by atoms with van der Waals surface area (Å²) in [6, 6.07) is 1.45. The number of furan rings is 1. The lowest BCUT2D eigenvalue weighted by atomic mass is 10.1. The molecule has 1 rings (SSSR count). The van der Waals surface area contributed by atoms with Gasteiger partial charge in [0.15, 0.2) is 0 Å². The molecule has 1 aromatic heterocycles. The van der Waals surface area contributed by atoms with Gasteiger partial charge in [-0.1, -0.05) is 0 Å². The molecule has 1 heterocycles. The molecule has 0 aliphatic heterocycles. The molecule has 1 aromatic rings. The van der Waals surface area contributed by atoms with Crippen LogP contribution in [-0.4, -0.2) is 17.3 Å². The third kappa shape index (κ3) is 3.04. The van der Waals surface area contributed by atoms with Crippen molar-refractivity contribution in [3.05, 3.63) is 24.2 Å². The van der Waals surface area contributed by atoms with Crippen molar-refractivity contribution in [3.8, 4) is 0 Å². The molecule has 0 amide bonds. The summed E-state index contributed by atoms with van der Waals surface area (Å²) >= 11 is 0. The van der Waals surface area contributed by atoms with Crippen molar-refractivity contribution in [1.82, 2.24) is 0 Å². The average molecular weight is 209 g/mol. The molecule has 0 aliphatic carbocycles. The van der Waals surface area contributed by atoms with Gasteiger partial charge in [0.1, 0.15) is 11.9 Å². The molecule has 0 bridgehead atoms. The van der Waals surface area contributed by atoms with Gasteiger partial charge < -0.3 is 15.3 Å². The third-order valence-corrected chi connectivity index (χ3v) is 1.71. The van der Waals surface area contributed by atoms with Crippen LogP contribution in [0.3, 0.4) is 0 Å². The summed E-state index contributed by atoms with van der Waals surface area (Å²) in [6.45, 7) is 0. The van der Waals surface area contributed by atoms with E-state index in [1.165, 1.54) is 18.4 Å². The number of nitrogens with two attached hydrogens (primary N) is 1. The molecular weight excluding hydrogens is 199 g/mol. The van der Waals surface area contributed by atoms with Gasteiger partial charge in [-0.2, -0.15) is 13.2 Å². The topological polar surface area (TPSA) is 59.4 Å². The van der Waals surface area contributed by atoms with E-state index in [1.807, 2.05) is 0 Å². The quantitative estimate of drug-likeness (QED) is 0.794. The van der Waals surface area contributed by atoms with Crippen LogP contribution in [0.4, 0.5) is 13.2 Å². The first kappa shape index (κ1) is 11.1. The fraction of sp³-hybridized carbons (Fsp3) is 0.500. The van der Waals surface area contributed by atoms with Gasteiger partial charge in [0, 0.05) is 6.04 Å². The van der Waals surface area contributed by atoms with E-state index in [9.17, 15) is 18.3 Å². The Bertz CT molecular complexity index is 271. The number of hydrogen-bond donors (Lipinski definition) is 2. The van der Waals surface area contributed by atoms with E-state index in [0.29, 0.717) is 0 Å². The standard InChI is InChI=1S/C8H10F3NO2/c9-8(10,11)4-5(12)7(13)6-2-1-3-14-6/h1-3,5,7,13H,4,12H2. The van der Waals surface area contributed by atoms with Crippen LogP contribution < -0.4 is 5.73 Å². The summed E-state index contributed by atoms with van der Waals surface area (Å²) in [5.41, 5.74) is 5.16. The lowest BCUT2D eigenvalue weighted by Crippen LogP contribution is -2.33. The van der Waals surface area contributed by atoms with Crippen LogP contribution >= 0.6 is 0 Å². The summed E-state index contributed by atoms with van der Waals surface area (Å²) < 4.78 is 40.4. The largest absolute Gasteiger partial charge is 0.467 e. The van der Waals surface area contributed by atoms with Gasteiger partial charge in [-0.05, 0) is 12.1 Å². The van der Waals surface area contributed by atoms with Gasteiger partial charge >= 0.3 is 6.18 Å². The first-order valence-electron chi connectivity index (χ1n) is 3.94. The van der Waals surface area contributed by atoms with Crippen LogP contribution in [0.1, 0.15) is 18.3 Å². The monoisotopic (exact) mass is 209 g/mol. The Hall–Kier alpha value is -1.01. The van der Waals surface area contributed by atoms with Crippen LogP contribution in [0.2, 0.25) is 0 Å². The van der Waals surface area contributed by atoms with Crippen LogP contribution in [0.5, 0.6) is 0 Å². The molecule has 14 heavy (non-hydrogen) atoms. The van der Waals surface area contributed by atoms with Crippen molar-refractivity contribution in [2.75, 3.05) is 0 Å². The van der Waals surface area contributed by atoms with E-state index >= 15 is 0 Å². The summed E-state index contributed by atoms with van der Waals surface area (Å²) in [5, 5.41) is 9.32. The molecule has 0 aromatic carbocycles. The van der Waals surface area contributed by atoms with Gasteiger partial charge in [0.25, 0.3) is 0 Å². The van der Waals surface area contributed by atoms with Crippen molar-refractivity contribution < 1.29 is 22.7 Å². The Kier molecular flexibility index (Phi) is 3.17. The van der Waals surface area contributed by atoms with E-state index in [1.54, 1.807) is 0 Å². The summed E-state index contributed by atoms with van der Waals surface area (Å²) in [4.78, 5) is 0. The van der Waals surface area contributed by atoms with Crippen molar-refractivity contribution in [1.29, 1.82) is 0 Å². The lowest BCUT2D eigenvalue weighted by molar-refractivity contribution is -0.144. The molecule has 0 spiro atoms. The third-order valence-electron chi connectivity index (χ3n) is 1.71. The van der Waals surface area contributed by atoms with Crippen molar-refractivity contribution in [2.24, 2.45) is 5.73 Å². The molecule has 0 radical (unpaired) electrons. The van der Waals surface area contributed by atoms with E-state index < -0.39 is 24.7 Å². The van der Waals surface area contributed by atoms with Crippen molar-refractivity contribution in [2.45, 2.75) is 24.7 Å². The molecular formula is C8H10F3NO2. The van der Waals surface area contributed by atoms with Gasteiger partial charge in [-0.3, -0.25) is 0 Å². The first-order chi connectivity index (χ1) is 6.40. The minimum absolute atomic E-state index is 0.0433. The second-order valence-corrected chi connectivity index (χ2v) is 2.94. The molecule has 0 aliphatic rings. The number of hydrogen-bond acceptors (Lipinski definition) is 3. The smallest absolute Gasteiger partial charge is 0.390 e. The summed E-state index contributed by atoms with van der Waals surface area (Å²) in [5.74, 6) is 0.0433. The maximum Gasteiger partial charge on any atom is 0.390 e. The van der Waals surface area contributed by atoms with Crippen LogP contribution in [-0.2, 0) is 0 Å². The number of halogens is 3. The molecule has 0 fully saturated rings. The molecule has 3 N–H and O–H groups in total. The Balaban J connectivity index is 2.57. The van der Waals surface area contributed by atoms with Crippen LogP contribution in [0.15, 0.2) is 22.8 Å². The highest BCUT2D eigenvalue weighted by atomic mass is 19.4. The molecule has 0 saturated carbocycles. The SMILES string of the molecule is NC(CC(F)(F)F)C(O)c1ccco1. The normalized spacial score (nSPS) is 16.6. The molecule has 6 heteroatoms. The second kappa shape index (κ2) is 4.02. The minimum Gasteiger partial charge on any atom is -0.467 e. The summed E-state index contributed by atoms with van der Waals surface area (Å²) in [7, 11) is 0. The molecule has 2 unspecified atom stereocenters. The lowest BCUT2D eigenvalue weighted by Gasteiger charge is -2.18. The predicted octanol–water partition coefficient (Wildman–Crippen LogP) is 1.59. The Morgan fingerprint density at radius 3 is 2.57 bits per heavy atom. The van der Waals surface area contributed by atoms with Gasteiger partial charge in [-0.25, -0.2) is 0 Å². The highest BCUT2D eigenvalue weighted by molar-refractivity contribution is 5.04. The van der Waals surface area contributed by atoms with E-state index in [-0.39, 0.29) is 5.76 Å². The zero-order valence-electron chi connectivity index (χ0n) is 7.16. The van der Waals surface area contributed by atoms with E-state index in [0.717, 1.165) is 0 Å². The zero-order valence-corrected chi connectivity index (χ0v) is 7.16. The average Bonchev–Trinajstić information content (AvgIpc) is 2.51. The van der Waals surface area contributed by atoms with Crippen molar-refractivity contribution in [3.63, 3.8) is 0 Å². The Labute approximate surface area is 78.3 Å². The highest BCUT2D eigenvalue weighted by Crippen LogP contribution is 2.26. The Morgan fingerprint density at radius 2 is 2.14 bits per heavy atom. The molecule has 80 valence electrons. The fourth-order valence-corrected chi connectivity index (χ4v) is 1.05. The number of aliphatic hydroxyl groups is 1. The fourth-order valence-electron chi connectivity index (χ4n) is 1.05. The van der Waals surface area contributed by atoms with E-state index in [4.69, 9.17) is 10.2 Å². The van der Waals surface area contributed by atoms with Crippen LogP contribution in [0.25, 0.3) is 0 Å². The molecule has 2 atom stereocenters. The predicted molar refractivity (Wildman–Crippen MR) is 42.3 cm³/mol. The number of rotatable bonds is 3. The minimum atomic E-state index is -4.38.